The molecule has 0 saturated heterocycles. The number of hydrogen-bond acceptors (Lipinski definition) is 7. The number of nitrogens with zero attached hydrogens (tertiary/aromatic N) is 4. The average molecular weight is 443 g/mol. The van der Waals surface area contributed by atoms with Gasteiger partial charge in [0.15, 0.2) is 5.52 Å². The number of carbonyl (C=O) groups excluding carboxylic acids is 2. The maximum absolute atomic E-state index is 13.0. The summed E-state index contributed by atoms with van der Waals surface area (Å²) in [5.41, 5.74) is 0.713. The SMILES string of the molecule is CN(C)[C@H]1CC[C@H](C(=O)Nc2c(C(=O)Nc3ccc(Cl)cn3)oc3nccnc23)CC1. The third-order valence-corrected chi connectivity index (χ3v) is 5.77. The highest BCUT2D eigenvalue weighted by Crippen LogP contribution is 2.32. The smallest absolute Gasteiger partial charge is 0.294 e. The molecular formula is C21H23ClN6O3. The minimum atomic E-state index is -0.568. The van der Waals surface area contributed by atoms with Crippen molar-refractivity contribution in [2.75, 3.05) is 24.7 Å². The van der Waals surface area contributed by atoms with Crippen LogP contribution in [0, 0.1) is 5.92 Å². The van der Waals surface area contributed by atoms with Crippen LogP contribution in [0.4, 0.5) is 11.5 Å². The lowest BCUT2D eigenvalue weighted by molar-refractivity contribution is -0.121. The molecule has 0 radical (unpaired) electrons. The Bertz CT molecular complexity index is 1090. The van der Waals surface area contributed by atoms with E-state index >= 15 is 0 Å². The Morgan fingerprint density at radius 1 is 1.06 bits per heavy atom. The molecule has 0 aromatic carbocycles. The van der Waals surface area contributed by atoms with E-state index in [1.54, 1.807) is 12.1 Å². The van der Waals surface area contributed by atoms with Gasteiger partial charge in [0.1, 0.15) is 11.5 Å². The van der Waals surface area contributed by atoms with Gasteiger partial charge in [0.25, 0.3) is 5.91 Å². The number of rotatable bonds is 5. The minimum Gasteiger partial charge on any atom is -0.429 e. The van der Waals surface area contributed by atoms with Crippen LogP contribution in [0.1, 0.15) is 36.2 Å². The Kier molecular flexibility index (Phi) is 6.15. The quantitative estimate of drug-likeness (QED) is 0.620. The molecule has 1 aliphatic rings. The summed E-state index contributed by atoms with van der Waals surface area (Å²) in [5, 5.41) is 5.97. The summed E-state index contributed by atoms with van der Waals surface area (Å²) in [6.45, 7) is 0. The first-order valence-corrected chi connectivity index (χ1v) is 10.4. The first kappa shape index (κ1) is 21.2. The highest BCUT2D eigenvalue weighted by atomic mass is 35.5. The summed E-state index contributed by atoms with van der Waals surface area (Å²) in [6, 6.07) is 3.66. The predicted molar refractivity (Wildman–Crippen MR) is 117 cm³/mol. The second kappa shape index (κ2) is 8.99. The van der Waals surface area contributed by atoms with E-state index in [9.17, 15) is 9.59 Å². The van der Waals surface area contributed by atoms with E-state index < -0.39 is 5.91 Å². The van der Waals surface area contributed by atoms with Gasteiger partial charge in [-0.3, -0.25) is 9.59 Å². The van der Waals surface area contributed by atoms with Crippen molar-refractivity contribution in [2.24, 2.45) is 5.92 Å². The molecule has 3 heterocycles. The van der Waals surface area contributed by atoms with E-state index in [-0.39, 0.29) is 29.0 Å². The molecule has 1 saturated carbocycles. The summed E-state index contributed by atoms with van der Waals surface area (Å²) >= 11 is 5.84. The van der Waals surface area contributed by atoms with Gasteiger partial charge in [0.05, 0.1) is 5.02 Å². The van der Waals surface area contributed by atoms with Crippen molar-refractivity contribution in [3.63, 3.8) is 0 Å². The maximum Gasteiger partial charge on any atom is 0.294 e. The monoisotopic (exact) mass is 442 g/mol. The second-order valence-corrected chi connectivity index (χ2v) is 8.23. The van der Waals surface area contributed by atoms with Crippen LogP contribution >= 0.6 is 11.6 Å². The van der Waals surface area contributed by atoms with Gasteiger partial charge >= 0.3 is 0 Å². The summed E-state index contributed by atoms with van der Waals surface area (Å²) in [4.78, 5) is 40.5. The number of furan rings is 1. The summed E-state index contributed by atoms with van der Waals surface area (Å²) < 4.78 is 5.63. The van der Waals surface area contributed by atoms with E-state index in [1.807, 2.05) is 0 Å². The van der Waals surface area contributed by atoms with E-state index in [2.05, 4.69) is 44.6 Å². The Labute approximate surface area is 184 Å². The molecule has 0 unspecified atom stereocenters. The molecule has 162 valence electrons. The molecule has 2 N–H and O–H groups in total. The lowest BCUT2D eigenvalue weighted by Crippen LogP contribution is -2.35. The van der Waals surface area contributed by atoms with E-state index in [0.717, 1.165) is 25.7 Å². The van der Waals surface area contributed by atoms with E-state index in [1.165, 1.54) is 18.6 Å². The van der Waals surface area contributed by atoms with E-state index in [0.29, 0.717) is 22.4 Å². The number of halogens is 1. The van der Waals surface area contributed by atoms with Crippen LogP contribution in [0.25, 0.3) is 11.2 Å². The van der Waals surface area contributed by atoms with Crippen molar-refractivity contribution in [2.45, 2.75) is 31.7 Å². The number of fused-ring (bicyclic) bond motifs is 1. The first-order chi connectivity index (χ1) is 14.9. The molecule has 1 aliphatic carbocycles. The zero-order valence-electron chi connectivity index (χ0n) is 17.3. The van der Waals surface area contributed by atoms with Crippen molar-refractivity contribution in [3.05, 3.63) is 41.5 Å². The molecule has 0 aliphatic heterocycles. The topological polar surface area (TPSA) is 113 Å². The van der Waals surface area contributed by atoms with Gasteiger partial charge in [-0.05, 0) is 51.9 Å². The third kappa shape index (κ3) is 4.67. The number of anilines is 2. The molecule has 10 heteroatoms. The zero-order chi connectivity index (χ0) is 22.0. The Morgan fingerprint density at radius 2 is 1.81 bits per heavy atom. The van der Waals surface area contributed by atoms with Gasteiger partial charge in [0.2, 0.25) is 17.4 Å². The maximum atomic E-state index is 13.0. The fourth-order valence-electron chi connectivity index (χ4n) is 3.81. The molecule has 0 spiro atoms. The molecule has 9 nitrogen and oxygen atoms in total. The van der Waals surface area contributed by atoms with Crippen LogP contribution in [0.5, 0.6) is 0 Å². The molecule has 0 atom stereocenters. The minimum absolute atomic E-state index is 0.0757. The van der Waals surface area contributed by atoms with Gasteiger partial charge in [-0.25, -0.2) is 15.0 Å². The number of nitrogens with one attached hydrogen (secondary N) is 2. The number of carbonyl (C=O) groups is 2. The fraction of sp³-hybridized carbons (Fsp3) is 0.381. The standard InChI is InChI=1S/C21H23ClN6O3/c1-28(2)14-6-3-12(4-7-14)19(29)27-16-17-21(24-10-9-23-17)31-18(16)20(30)26-15-8-5-13(22)11-25-15/h5,8-12,14H,3-4,6-7H2,1-2H3,(H,27,29)(H,25,26,30)/t12-,14-. The first-order valence-electron chi connectivity index (χ1n) is 10.1. The van der Waals surface area contributed by atoms with Gasteiger partial charge < -0.3 is 20.0 Å². The summed E-state index contributed by atoms with van der Waals surface area (Å²) in [5.74, 6) is -0.625. The lowest BCUT2D eigenvalue weighted by atomic mass is 9.85. The van der Waals surface area contributed by atoms with Gasteiger partial charge in [0, 0.05) is 30.6 Å². The Balaban J connectivity index is 1.56. The molecule has 3 aromatic heterocycles. The molecule has 4 rings (SSSR count). The number of aromatic nitrogens is 3. The van der Waals surface area contributed by atoms with Crippen molar-refractivity contribution in [1.82, 2.24) is 19.9 Å². The molecule has 1 fully saturated rings. The van der Waals surface area contributed by atoms with Gasteiger partial charge in [-0.15, -0.1) is 0 Å². The Morgan fingerprint density at radius 3 is 2.48 bits per heavy atom. The van der Waals surface area contributed by atoms with Crippen molar-refractivity contribution in [1.29, 1.82) is 0 Å². The number of hydrogen-bond donors (Lipinski definition) is 2. The molecule has 2 amide bonds. The van der Waals surface area contributed by atoms with Crippen molar-refractivity contribution in [3.8, 4) is 0 Å². The lowest BCUT2D eigenvalue weighted by Gasteiger charge is -2.31. The summed E-state index contributed by atoms with van der Waals surface area (Å²) in [7, 11) is 4.11. The molecule has 0 bridgehead atoms. The van der Waals surface area contributed by atoms with Crippen LogP contribution in [-0.2, 0) is 4.79 Å². The highest BCUT2D eigenvalue weighted by Gasteiger charge is 2.30. The van der Waals surface area contributed by atoms with Crippen LogP contribution in [0.3, 0.4) is 0 Å². The average Bonchev–Trinajstić information content (AvgIpc) is 3.14. The molecule has 3 aromatic rings. The van der Waals surface area contributed by atoms with Crippen LogP contribution in [-0.4, -0.2) is 51.8 Å². The van der Waals surface area contributed by atoms with E-state index in [4.69, 9.17) is 16.0 Å². The number of pyridine rings is 1. The fourth-order valence-corrected chi connectivity index (χ4v) is 3.92. The largest absolute Gasteiger partial charge is 0.429 e. The number of amides is 2. The van der Waals surface area contributed by atoms with Crippen molar-refractivity contribution >= 4 is 46.2 Å². The zero-order valence-corrected chi connectivity index (χ0v) is 18.0. The molecule has 31 heavy (non-hydrogen) atoms. The highest BCUT2D eigenvalue weighted by molar-refractivity contribution is 6.30. The van der Waals surface area contributed by atoms with Crippen LogP contribution in [0.2, 0.25) is 5.02 Å². The van der Waals surface area contributed by atoms with Crippen molar-refractivity contribution < 1.29 is 14.0 Å². The normalized spacial score (nSPS) is 18.8. The Hall–Kier alpha value is -3.04. The van der Waals surface area contributed by atoms with Gasteiger partial charge in [-0.1, -0.05) is 11.6 Å². The molecular weight excluding hydrogens is 420 g/mol. The second-order valence-electron chi connectivity index (χ2n) is 7.79. The van der Waals surface area contributed by atoms with Crippen LogP contribution in [0.15, 0.2) is 35.1 Å². The summed E-state index contributed by atoms with van der Waals surface area (Å²) in [6.07, 6.45) is 7.84. The third-order valence-electron chi connectivity index (χ3n) is 5.55. The predicted octanol–water partition coefficient (Wildman–Crippen LogP) is 3.58. The van der Waals surface area contributed by atoms with Gasteiger partial charge in [-0.2, -0.15) is 0 Å². The van der Waals surface area contributed by atoms with Crippen LogP contribution < -0.4 is 10.6 Å².